The third-order valence-corrected chi connectivity index (χ3v) is 3.51. The summed E-state index contributed by atoms with van der Waals surface area (Å²) in [6.45, 7) is 5.30. The summed E-state index contributed by atoms with van der Waals surface area (Å²) in [5, 5.41) is 11.0. The van der Waals surface area contributed by atoms with E-state index in [1.807, 2.05) is 6.92 Å². The van der Waals surface area contributed by atoms with Gasteiger partial charge in [-0.1, -0.05) is 0 Å². The second-order valence-corrected chi connectivity index (χ2v) is 4.85. The molecule has 0 aromatic carbocycles. The monoisotopic (exact) mass is 268 g/mol. The molecule has 2 N–H and O–H groups in total. The van der Waals surface area contributed by atoms with Crippen LogP contribution in [0.15, 0.2) is 11.1 Å². The number of amides is 3. The summed E-state index contributed by atoms with van der Waals surface area (Å²) in [4.78, 5) is 36.1. The summed E-state index contributed by atoms with van der Waals surface area (Å²) >= 11 is 0. The van der Waals surface area contributed by atoms with Crippen LogP contribution >= 0.6 is 0 Å². The van der Waals surface area contributed by atoms with Crippen LogP contribution in [0.1, 0.15) is 40.0 Å². The standard InChI is InChI=1S/C13H20N2O4/c1-8-6-4-5-7-15(8)13(19)14-11(16)9(2)10(3)12(17)18/h8H,4-7H2,1-3H3,(H,17,18)(H,14,16,19). The van der Waals surface area contributed by atoms with E-state index < -0.39 is 17.9 Å². The van der Waals surface area contributed by atoms with Gasteiger partial charge in [-0.2, -0.15) is 0 Å². The SMILES string of the molecule is CC(C(=O)O)=C(C)C(=O)NC(=O)N1CCCCC1C. The van der Waals surface area contributed by atoms with Gasteiger partial charge in [-0.05, 0) is 40.0 Å². The summed E-state index contributed by atoms with van der Waals surface area (Å²) in [5.74, 6) is -1.81. The zero-order valence-corrected chi connectivity index (χ0v) is 11.5. The van der Waals surface area contributed by atoms with E-state index in [1.165, 1.54) is 13.8 Å². The zero-order chi connectivity index (χ0) is 14.6. The highest BCUT2D eigenvalue weighted by atomic mass is 16.4. The Hall–Kier alpha value is -1.85. The molecule has 0 radical (unpaired) electrons. The van der Waals surface area contributed by atoms with Crippen molar-refractivity contribution >= 4 is 17.9 Å². The molecule has 0 aliphatic carbocycles. The van der Waals surface area contributed by atoms with Gasteiger partial charge < -0.3 is 10.0 Å². The number of urea groups is 1. The molecule has 1 unspecified atom stereocenters. The van der Waals surface area contributed by atoms with Crippen molar-refractivity contribution < 1.29 is 19.5 Å². The van der Waals surface area contributed by atoms with E-state index in [0.29, 0.717) is 6.54 Å². The molecular weight excluding hydrogens is 248 g/mol. The Labute approximate surface area is 112 Å². The molecule has 0 aromatic rings. The first-order valence-electron chi connectivity index (χ1n) is 6.37. The number of piperidine rings is 1. The molecule has 1 saturated heterocycles. The van der Waals surface area contributed by atoms with E-state index in [2.05, 4.69) is 5.32 Å². The van der Waals surface area contributed by atoms with E-state index in [-0.39, 0.29) is 17.2 Å². The quantitative estimate of drug-likeness (QED) is 0.743. The second kappa shape index (κ2) is 6.36. The number of carboxylic acids is 1. The van der Waals surface area contributed by atoms with Crippen LogP contribution in [0.25, 0.3) is 0 Å². The minimum Gasteiger partial charge on any atom is -0.478 e. The van der Waals surface area contributed by atoms with E-state index >= 15 is 0 Å². The van der Waals surface area contributed by atoms with Crippen molar-refractivity contribution in [3.63, 3.8) is 0 Å². The minimum absolute atomic E-state index is 0.0468. The predicted molar refractivity (Wildman–Crippen MR) is 69.6 cm³/mol. The lowest BCUT2D eigenvalue weighted by Gasteiger charge is -2.33. The maximum Gasteiger partial charge on any atom is 0.331 e. The van der Waals surface area contributed by atoms with Gasteiger partial charge >= 0.3 is 12.0 Å². The van der Waals surface area contributed by atoms with Crippen molar-refractivity contribution in [1.82, 2.24) is 10.2 Å². The lowest BCUT2D eigenvalue weighted by atomic mass is 10.0. The van der Waals surface area contributed by atoms with Crippen LogP contribution in [0.3, 0.4) is 0 Å². The van der Waals surface area contributed by atoms with Gasteiger partial charge in [-0.15, -0.1) is 0 Å². The lowest BCUT2D eigenvalue weighted by molar-refractivity contribution is -0.133. The smallest absolute Gasteiger partial charge is 0.331 e. The van der Waals surface area contributed by atoms with Gasteiger partial charge in [0, 0.05) is 23.7 Å². The number of carbonyl (C=O) groups is 3. The maximum atomic E-state index is 11.9. The van der Waals surface area contributed by atoms with Gasteiger partial charge in [0.15, 0.2) is 0 Å². The van der Waals surface area contributed by atoms with Crippen LogP contribution in [0.2, 0.25) is 0 Å². The summed E-state index contributed by atoms with van der Waals surface area (Å²) in [7, 11) is 0. The first-order chi connectivity index (χ1) is 8.84. The molecule has 0 saturated carbocycles. The number of nitrogens with zero attached hydrogens (tertiary/aromatic N) is 1. The Balaban J connectivity index is 2.69. The number of hydrogen-bond acceptors (Lipinski definition) is 3. The minimum atomic E-state index is -1.16. The fourth-order valence-corrected chi connectivity index (χ4v) is 1.99. The normalized spacial score (nSPS) is 20.6. The summed E-state index contributed by atoms with van der Waals surface area (Å²) < 4.78 is 0. The third kappa shape index (κ3) is 3.81. The van der Waals surface area contributed by atoms with Gasteiger partial charge in [0.2, 0.25) is 0 Å². The lowest BCUT2D eigenvalue weighted by Crippen LogP contribution is -2.49. The first-order valence-corrected chi connectivity index (χ1v) is 6.37. The molecule has 6 nitrogen and oxygen atoms in total. The van der Waals surface area contributed by atoms with Gasteiger partial charge in [-0.3, -0.25) is 10.1 Å². The Morgan fingerprint density at radius 3 is 2.32 bits per heavy atom. The summed E-state index contributed by atoms with van der Waals surface area (Å²) in [6, 6.07) is -0.346. The summed E-state index contributed by atoms with van der Waals surface area (Å²) in [5.41, 5.74) is -0.0116. The van der Waals surface area contributed by atoms with Crippen LogP contribution in [-0.2, 0) is 9.59 Å². The van der Waals surface area contributed by atoms with E-state index in [4.69, 9.17) is 5.11 Å². The molecule has 106 valence electrons. The maximum absolute atomic E-state index is 11.9. The molecule has 6 heteroatoms. The van der Waals surface area contributed by atoms with Gasteiger partial charge in [-0.25, -0.2) is 9.59 Å². The van der Waals surface area contributed by atoms with Crippen molar-refractivity contribution in [3.8, 4) is 0 Å². The third-order valence-electron chi connectivity index (χ3n) is 3.51. The largest absolute Gasteiger partial charge is 0.478 e. The summed E-state index contributed by atoms with van der Waals surface area (Å²) in [6.07, 6.45) is 2.93. The molecule has 1 fully saturated rings. The number of aliphatic carboxylic acids is 1. The van der Waals surface area contributed by atoms with Gasteiger partial charge in [0.1, 0.15) is 0 Å². The van der Waals surface area contributed by atoms with E-state index in [1.54, 1.807) is 4.90 Å². The molecular formula is C13H20N2O4. The fourth-order valence-electron chi connectivity index (χ4n) is 1.99. The molecule has 1 atom stereocenters. The van der Waals surface area contributed by atoms with Crippen LogP contribution in [0.5, 0.6) is 0 Å². The first kappa shape index (κ1) is 15.2. The molecule has 1 aliphatic rings. The van der Waals surface area contributed by atoms with Crippen LogP contribution < -0.4 is 5.32 Å². The van der Waals surface area contributed by atoms with Crippen molar-refractivity contribution in [2.45, 2.75) is 46.1 Å². The van der Waals surface area contributed by atoms with Gasteiger partial charge in [0.25, 0.3) is 5.91 Å². The zero-order valence-electron chi connectivity index (χ0n) is 11.5. The Morgan fingerprint density at radius 1 is 1.16 bits per heavy atom. The van der Waals surface area contributed by atoms with E-state index in [0.717, 1.165) is 19.3 Å². The molecule has 3 amide bonds. The molecule has 0 bridgehead atoms. The number of carboxylic acid groups (broad SMARTS) is 1. The molecule has 0 spiro atoms. The predicted octanol–water partition coefficient (Wildman–Crippen LogP) is 1.52. The fraction of sp³-hybridized carbons (Fsp3) is 0.615. The van der Waals surface area contributed by atoms with E-state index in [9.17, 15) is 14.4 Å². The number of likely N-dealkylation sites (tertiary alicyclic amines) is 1. The van der Waals surface area contributed by atoms with Crippen molar-refractivity contribution in [2.24, 2.45) is 0 Å². The Morgan fingerprint density at radius 2 is 1.79 bits per heavy atom. The number of imide groups is 1. The molecule has 1 heterocycles. The highest BCUT2D eigenvalue weighted by Crippen LogP contribution is 2.16. The average molecular weight is 268 g/mol. The number of hydrogen-bond donors (Lipinski definition) is 2. The van der Waals surface area contributed by atoms with Crippen molar-refractivity contribution in [3.05, 3.63) is 11.1 Å². The Kier molecular flexibility index (Phi) is 5.09. The topological polar surface area (TPSA) is 86.7 Å². The molecule has 19 heavy (non-hydrogen) atoms. The average Bonchev–Trinajstić information content (AvgIpc) is 2.37. The Bertz CT molecular complexity index is 428. The molecule has 1 aliphatic heterocycles. The molecule has 1 rings (SSSR count). The second-order valence-electron chi connectivity index (χ2n) is 4.85. The van der Waals surface area contributed by atoms with Crippen LogP contribution in [0.4, 0.5) is 4.79 Å². The van der Waals surface area contributed by atoms with Gasteiger partial charge in [0.05, 0.1) is 0 Å². The number of carbonyl (C=O) groups excluding carboxylic acids is 2. The highest BCUT2D eigenvalue weighted by molar-refractivity contribution is 6.07. The number of nitrogens with one attached hydrogen (secondary N) is 1. The molecule has 0 aromatic heterocycles. The van der Waals surface area contributed by atoms with Crippen LogP contribution in [0, 0.1) is 0 Å². The highest BCUT2D eigenvalue weighted by Gasteiger charge is 2.25. The number of rotatable bonds is 2. The van der Waals surface area contributed by atoms with Crippen LogP contribution in [-0.4, -0.2) is 40.5 Å². The van der Waals surface area contributed by atoms with Crippen molar-refractivity contribution in [1.29, 1.82) is 0 Å². The van der Waals surface area contributed by atoms with Crippen molar-refractivity contribution in [2.75, 3.05) is 6.54 Å².